The zero-order valence-electron chi connectivity index (χ0n) is 19.0. The average Bonchev–Trinajstić information content (AvgIpc) is 3.34. The highest BCUT2D eigenvalue weighted by atomic mass is 16.2. The van der Waals surface area contributed by atoms with E-state index in [2.05, 4.69) is 41.5 Å². The van der Waals surface area contributed by atoms with Crippen LogP contribution in [0.2, 0.25) is 0 Å². The number of hydrogen-bond acceptors (Lipinski definition) is 4. The molecule has 0 unspecified atom stereocenters. The minimum atomic E-state index is -0.377. The van der Waals surface area contributed by atoms with Gasteiger partial charge in [0, 0.05) is 23.6 Å². The van der Waals surface area contributed by atoms with Gasteiger partial charge in [-0.05, 0) is 62.1 Å². The van der Waals surface area contributed by atoms with Crippen molar-refractivity contribution in [3.8, 4) is 11.3 Å². The number of anilines is 1. The van der Waals surface area contributed by atoms with Crippen molar-refractivity contribution in [1.29, 1.82) is 0 Å². The third-order valence-electron chi connectivity index (χ3n) is 6.03. The molecular formula is C25H24N6O2. The van der Waals surface area contributed by atoms with Gasteiger partial charge in [-0.25, -0.2) is 18.4 Å². The van der Waals surface area contributed by atoms with Crippen LogP contribution in [0.1, 0.15) is 22.3 Å². The second-order valence-electron chi connectivity index (χ2n) is 8.41. The first-order valence-corrected chi connectivity index (χ1v) is 10.7. The number of amides is 1. The summed E-state index contributed by atoms with van der Waals surface area (Å²) in [4.78, 5) is 25.6. The minimum Gasteiger partial charge on any atom is -0.324 e. The topological polar surface area (TPSA) is 85.7 Å². The molecule has 8 nitrogen and oxygen atoms in total. The van der Waals surface area contributed by atoms with Crippen LogP contribution in [0.4, 0.5) is 5.69 Å². The third kappa shape index (κ3) is 3.59. The monoisotopic (exact) mass is 440 g/mol. The summed E-state index contributed by atoms with van der Waals surface area (Å²) in [6.07, 6.45) is 3.34. The number of fused-ring (bicyclic) bond motifs is 3. The standard InChI is InChI=1S/C25H24N6O2/c1-15-8-9-19(12-18(15)4)20-13-21-24-28-31(25(33)29(24)10-11-30(21)27-20)14-22(32)26-23-16(2)6-5-7-17(23)3/h5-13H,14H2,1-4H3,(H,26,32). The third-order valence-corrected chi connectivity index (χ3v) is 6.03. The van der Waals surface area contributed by atoms with Crippen LogP contribution < -0.4 is 11.0 Å². The molecule has 2 aromatic carbocycles. The van der Waals surface area contributed by atoms with E-state index in [0.717, 1.165) is 28.1 Å². The normalized spacial score (nSPS) is 11.4. The van der Waals surface area contributed by atoms with Crippen LogP contribution in [0, 0.1) is 27.7 Å². The Morgan fingerprint density at radius 2 is 1.67 bits per heavy atom. The van der Waals surface area contributed by atoms with Gasteiger partial charge in [0.05, 0.1) is 5.69 Å². The fourth-order valence-electron chi connectivity index (χ4n) is 4.01. The maximum atomic E-state index is 12.9. The van der Waals surface area contributed by atoms with Crippen LogP contribution >= 0.6 is 0 Å². The molecular weight excluding hydrogens is 416 g/mol. The highest BCUT2D eigenvalue weighted by Gasteiger charge is 2.16. The maximum Gasteiger partial charge on any atom is 0.350 e. The first-order chi connectivity index (χ1) is 15.8. The number of carbonyl (C=O) groups is 1. The molecule has 0 saturated heterocycles. The molecule has 0 radical (unpaired) electrons. The predicted octanol–water partition coefficient (Wildman–Crippen LogP) is 3.68. The lowest BCUT2D eigenvalue weighted by Crippen LogP contribution is -2.28. The zero-order chi connectivity index (χ0) is 23.3. The quantitative estimate of drug-likeness (QED) is 0.462. The Morgan fingerprint density at radius 1 is 0.909 bits per heavy atom. The lowest BCUT2D eigenvalue weighted by atomic mass is 10.0. The zero-order valence-corrected chi connectivity index (χ0v) is 19.0. The van der Waals surface area contributed by atoms with Crippen molar-refractivity contribution in [2.45, 2.75) is 34.2 Å². The average molecular weight is 441 g/mol. The molecule has 0 aliphatic carbocycles. The molecule has 0 atom stereocenters. The largest absolute Gasteiger partial charge is 0.350 e. The number of hydrogen-bond donors (Lipinski definition) is 1. The van der Waals surface area contributed by atoms with Crippen LogP contribution in [-0.4, -0.2) is 29.7 Å². The van der Waals surface area contributed by atoms with E-state index in [1.54, 1.807) is 16.9 Å². The van der Waals surface area contributed by atoms with Gasteiger partial charge in [0.2, 0.25) is 5.91 Å². The summed E-state index contributed by atoms with van der Waals surface area (Å²) in [5, 5.41) is 12.0. The first kappa shape index (κ1) is 20.7. The number of benzene rings is 2. The van der Waals surface area contributed by atoms with E-state index in [0.29, 0.717) is 11.2 Å². The lowest BCUT2D eigenvalue weighted by molar-refractivity contribution is -0.117. The number of nitrogens with one attached hydrogen (secondary N) is 1. The Hall–Kier alpha value is -4.20. The van der Waals surface area contributed by atoms with E-state index in [1.807, 2.05) is 44.2 Å². The number of aromatic nitrogens is 5. The van der Waals surface area contributed by atoms with Crippen molar-refractivity contribution in [2.24, 2.45) is 0 Å². The molecule has 8 heteroatoms. The molecule has 0 fully saturated rings. The van der Waals surface area contributed by atoms with Gasteiger partial charge in [0.1, 0.15) is 12.1 Å². The number of rotatable bonds is 4. The first-order valence-electron chi connectivity index (χ1n) is 10.7. The van der Waals surface area contributed by atoms with Gasteiger partial charge < -0.3 is 5.32 Å². The summed E-state index contributed by atoms with van der Waals surface area (Å²) < 4.78 is 4.32. The van der Waals surface area contributed by atoms with Gasteiger partial charge >= 0.3 is 5.69 Å². The summed E-state index contributed by atoms with van der Waals surface area (Å²) in [5.74, 6) is -0.307. The number of carbonyl (C=O) groups excluding carboxylic acids is 1. The van der Waals surface area contributed by atoms with Gasteiger partial charge in [-0.2, -0.15) is 5.10 Å². The smallest absolute Gasteiger partial charge is 0.324 e. The van der Waals surface area contributed by atoms with E-state index >= 15 is 0 Å². The Morgan fingerprint density at radius 3 is 2.39 bits per heavy atom. The Bertz CT molecular complexity index is 1580. The van der Waals surface area contributed by atoms with Gasteiger partial charge in [-0.1, -0.05) is 30.3 Å². The van der Waals surface area contributed by atoms with Crippen molar-refractivity contribution in [2.75, 3.05) is 5.32 Å². The van der Waals surface area contributed by atoms with Gasteiger partial charge in [0.25, 0.3) is 0 Å². The summed E-state index contributed by atoms with van der Waals surface area (Å²) in [7, 11) is 0. The molecule has 1 N–H and O–H groups in total. The molecule has 5 rings (SSSR count). The Labute approximate surface area is 190 Å². The Kier molecular flexibility index (Phi) is 4.85. The van der Waals surface area contributed by atoms with E-state index in [-0.39, 0.29) is 18.1 Å². The second kappa shape index (κ2) is 7.74. The molecule has 0 bridgehead atoms. The number of nitrogens with zero attached hydrogens (tertiary/aromatic N) is 5. The second-order valence-corrected chi connectivity index (χ2v) is 8.41. The summed E-state index contributed by atoms with van der Waals surface area (Å²) in [6, 6.07) is 13.9. The summed E-state index contributed by atoms with van der Waals surface area (Å²) in [5.41, 5.74) is 7.64. The van der Waals surface area contributed by atoms with Crippen LogP contribution in [-0.2, 0) is 11.3 Å². The molecule has 0 aliphatic rings. The summed E-state index contributed by atoms with van der Waals surface area (Å²) in [6.45, 7) is 7.82. The Balaban J connectivity index is 1.51. The molecule has 166 valence electrons. The molecule has 1 amide bonds. The maximum absolute atomic E-state index is 12.9. The molecule has 3 heterocycles. The molecule has 0 aliphatic heterocycles. The van der Waals surface area contributed by atoms with Crippen molar-refractivity contribution >= 4 is 22.8 Å². The fraction of sp³-hybridized carbons (Fsp3) is 0.200. The SMILES string of the molecule is Cc1ccc(-c2cc3c4nn(CC(=O)Nc5c(C)cccc5C)c(=O)n4ccn3n2)cc1C. The lowest BCUT2D eigenvalue weighted by Gasteiger charge is -2.10. The van der Waals surface area contributed by atoms with Crippen molar-refractivity contribution in [1.82, 2.24) is 23.8 Å². The van der Waals surface area contributed by atoms with Crippen molar-refractivity contribution in [3.63, 3.8) is 0 Å². The van der Waals surface area contributed by atoms with Crippen LogP contribution in [0.3, 0.4) is 0 Å². The highest BCUT2D eigenvalue weighted by molar-refractivity contribution is 5.92. The predicted molar refractivity (Wildman–Crippen MR) is 128 cm³/mol. The van der Waals surface area contributed by atoms with Gasteiger partial charge in [-0.15, -0.1) is 5.10 Å². The molecule has 0 saturated carbocycles. The molecule has 0 spiro atoms. The van der Waals surface area contributed by atoms with Crippen LogP contribution in [0.15, 0.2) is 59.7 Å². The van der Waals surface area contributed by atoms with Gasteiger partial charge in [-0.3, -0.25) is 4.79 Å². The van der Waals surface area contributed by atoms with Crippen molar-refractivity contribution in [3.05, 3.63) is 87.6 Å². The van der Waals surface area contributed by atoms with E-state index in [4.69, 9.17) is 0 Å². The van der Waals surface area contributed by atoms with Crippen LogP contribution in [0.5, 0.6) is 0 Å². The van der Waals surface area contributed by atoms with E-state index in [9.17, 15) is 9.59 Å². The molecule has 33 heavy (non-hydrogen) atoms. The molecule has 5 aromatic rings. The fourth-order valence-corrected chi connectivity index (χ4v) is 4.01. The number of para-hydroxylation sites is 1. The van der Waals surface area contributed by atoms with Gasteiger partial charge in [0.15, 0.2) is 5.65 Å². The van der Waals surface area contributed by atoms with Crippen molar-refractivity contribution < 1.29 is 4.79 Å². The van der Waals surface area contributed by atoms with E-state index < -0.39 is 0 Å². The van der Waals surface area contributed by atoms with E-state index in [1.165, 1.54) is 20.2 Å². The summed E-state index contributed by atoms with van der Waals surface area (Å²) >= 11 is 0. The minimum absolute atomic E-state index is 0.182. The number of aryl methyl sites for hydroxylation is 4. The van der Waals surface area contributed by atoms with Crippen LogP contribution in [0.25, 0.3) is 22.4 Å². The highest BCUT2D eigenvalue weighted by Crippen LogP contribution is 2.24. The molecule has 3 aromatic heterocycles.